The van der Waals surface area contributed by atoms with Gasteiger partial charge in [-0.25, -0.2) is 0 Å². The lowest BCUT2D eigenvalue weighted by atomic mass is 9.65. The second-order valence-electron chi connectivity index (χ2n) is 9.18. The van der Waals surface area contributed by atoms with Gasteiger partial charge in [-0.15, -0.1) is 0 Å². The second-order valence-corrected chi connectivity index (χ2v) is 9.18. The van der Waals surface area contributed by atoms with Gasteiger partial charge >= 0.3 is 0 Å². The summed E-state index contributed by atoms with van der Waals surface area (Å²) in [6.45, 7) is 4.97. The van der Waals surface area contributed by atoms with E-state index >= 15 is 0 Å². The molecule has 2 N–H and O–H groups in total. The average Bonchev–Trinajstić information content (AvgIpc) is 2.67. The molecule has 146 valence electrons. The van der Waals surface area contributed by atoms with Crippen LogP contribution in [0, 0.1) is 5.92 Å². The molecule has 3 aliphatic heterocycles. The van der Waals surface area contributed by atoms with Gasteiger partial charge in [-0.3, -0.25) is 15.5 Å². The van der Waals surface area contributed by atoms with E-state index in [1.807, 2.05) is 0 Å². The van der Waals surface area contributed by atoms with E-state index < -0.39 is 0 Å². The Morgan fingerprint density at radius 1 is 0.615 bits per heavy atom. The standard InChI is InChI=1S/C20H42B3N3/c1-7-19-8-2-10-22-13-5-17-26-18-6-14-23-12-4-16-25-20(19,26)24-15-3-11-21-9-1/h19,21-25H,1-18H2. The summed E-state index contributed by atoms with van der Waals surface area (Å²) in [5.41, 5.74) is 0. The van der Waals surface area contributed by atoms with Crippen LogP contribution in [0.25, 0.3) is 0 Å². The minimum atomic E-state index is 0.0754. The minimum Gasteiger partial charge on any atom is -0.287 e. The number of rotatable bonds is 0. The summed E-state index contributed by atoms with van der Waals surface area (Å²) in [5.74, 6) is 0.851. The van der Waals surface area contributed by atoms with Gasteiger partial charge in [-0.2, -0.15) is 0 Å². The van der Waals surface area contributed by atoms with Crippen LogP contribution in [0.3, 0.4) is 0 Å². The van der Waals surface area contributed by atoms with E-state index in [1.165, 1.54) is 137 Å². The van der Waals surface area contributed by atoms with Crippen LogP contribution < -0.4 is 10.6 Å². The highest BCUT2D eigenvalue weighted by Crippen LogP contribution is 2.32. The minimum absolute atomic E-state index is 0.0754. The summed E-state index contributed by atoms with van der Waals surface area (Å²) in [6, 6.07) is 0. The Bertz CT molecular complexity index is 337. The topological polar surface area (TPSA) is 27.3 Å². The van der Waals surface area contributed by atoms with Gasteiger partial charge < -0.3 is 0 Å². The molecule has 0 aliphatic carbocycles. The monoisotopic (exact) mass is 357 g/mol. The van der Waals surface area contributed by atoms with Crippen LogP contribution >= 0.6 is 0 Å². The van der Waals surface area contributed by atoms with E-state index in [1.54, 1.807) is 0 Å². The van der Waals surface area contributed by atoms with Crippen LogP contribution in [0.1, 0.15) is 51.4 Å². The van der Waals surface area contributed by atoms with Gasteiger partial charge in [0, 0.05) is 19.0 Å². The van der Waals surface area contributed by atoms with Crippen molar-refractivity contribution < 1.29 is 0 Å². The van der Waals surface area contributed by atoms with Crippen molar-refractivity contribution in [3.8, 4) is 0 Å². The highest BCUT2D eigenvalue weighted by Gasteiger charge is 2.42. The predicted molar refractivity (Wildman–Crippen MR) is 121 cm³/mol. The third-order valence-corrected chi connectivity index (χ3v) is 7.19. The maximum Gasteiger partial charge on any atom is 0.128 e. The van der Waals surface area contributed by atoms with Crippen LogP contribution in [-0.2, 0) is 0 Å². The van der Waals surface area contributed by atoms with E-state index in [0.29, 0.717) is 0 Å². The van der Waals surface area contributed by atoms with Crippen LogP contribution in [-0.4, -0.2) is 58.7 Å². The maximum atomic E-state index is 4.15. The molecular formula is C20H42B3N3. The third kappa shape index (κ3) is 6.04. The summed E-state index contributed by atoms with van der Waals surface area (Å²) >= 11 is 0. The Morgan fingerprint density at radius 2 is 1.08 bits per heavy atom. The van der Waals surface area contributed by atoms with Crippen molar-refractivity contribution in [2.45, 2.75) is 95.1 Å². The molecule has 6 heteroatoms. The molecule has 3 heterocycles. The summed E-state index contributed by atoms with van der Waals surface area (Å²) in [4.78, 5) is 2.88. The van der Waals surface area contributed by atoms with Crippen molar-refractivity contribution in [1.29, 1.82) is 0 Å². The SMILES string of the molecule is B1CCCNC23NCCCBCCCN2CCCBCCCC3CCC1. The molecule has 0 aromatic rings. The number of nitrogens with zero attached hydrogens (tertiary/aromatic N) is 1. The van der Waals surface area contributed by atoms with Crippen LogP contribution in [0.5, 0.6) is 0 Å². The Hall–Kier alpha value is 0.0748. The van der Waals surface area contributed by atoms with Crippen LogP contribution in [0.4, 0.5) is 0 Å². The first kappa shape index (κ1) is 20.8. The van der Waals surface area contributed by atoms with E-state index in [0.717, 1.165) is 5.92 Å². The second kappa shape index (κ2) is 11.8. The van der Waals surface area contributed by atoms with Crippen molar-refractivity contribution in [3.63, 3.8) is 0 Å². The zero-order chi connectivity index (χ0) is 17.9. The van der Waals surface area contributed by atoms with E-state index in [9.17, 15) is 0 Å². The smallest absolute Gasteiger partial charge is 0.128 e. The molecule has 0 saturated carbocycles. The average molecular weight is 357 g/mol. The fourth-order valence-electron chi connectivity index (χ4n) is 5.65. The Kier molecular flexibility index (Phi) is 9.45. The molecule has 1 spiro atoms. The lowest BCUT2D eigenvalue weighted by Gasteiger charge is -2.51. The molecule has 3 rings (SSSR count). The van der Waals surface area contributed by atoms with Gasteiger partial charge in [-0.05, 0) is 51.6 Å². The van der Waals surface area contributed by atoms with Crippen molar-refractivity contribution >= 4 is 21.8 Å². The zero-order valence-electron chi connectivity index (χ0n) is 17.4. The molecule has 3 fully saturated rings. The summed E-state index contributed by atoms with van der Waals surface area (Å²) in [7, 11) is 4.33. The predicted octanol–water partition coefficient (Wildman–Crippen LogP) is 2.72. The molecule has 3 nitrogen and oxygen atoms in total. The van der Waals surface area contributed by atoms with Gasteiger partial charge in [0.2, 0.25) is 0 Å². The largest absolute Gasteiger partial charge is 0.287 e. The zero-order valence-corrected chi connectivity index (χ0v) is 17.4. The molecule has 0 aromatic heterocycles. The first-order valence-corrected chi connectivity index (χ1v) is 12.2. The highest BCUT2D eigenvalue weighted by atomic mass is 15.4. The molecule has 2 unspecified atom stereocenters. The van der Waals surface area contributed by atoms with E-state index in [4.69, 9.17) is 0 Å². The molecule has 0 radical (unpaired) electrons. The van der Waals surface area contributed by atoms with E-state index in [-0.39, 0.29) is 5.79 Å². The molecule has 0 amide bonds. The fraction of sp³-hybridized carbons (Fsp3) is 1.00. The van der Waals surface area contributed by atoms with Crippen molar-refractivity contribution in [2.24, 2.45) is 5.92 Å². The number of hydrogen-bond acceptors (Lipinski definition) is 3. The third-order valence-electron chi connectivity index (χ3n) is 7.19. The number of hydrogen-bond donors (Lipinski definition) is 2. The van der Waals surface area contributed by atoms with Crippen LogP contribution in [0.2, 0.25) is 37.9 Å². The van der Waals surface area contributed by atoms with Crippen molar-refractivity contribution in [2.75, 3.05) is 26.2 Å². The van der Waals surface area contributed by atoms with Crippen molar-refractivity contribution in [1.82, 2.24) is 15.5 Å². The molecule has 3 aliphatic rings. The summed E-state index contributed by atoms with van der Waals surface area (Å²) in [5, 5.41) is 8.31. The highest BCUT2D eigenvalue weighted by molar-refractivity contribution is 6.35. The molecule has 3 saturated heterocycles. The van der Waals surface area contributed by atoms with Gasteiger partial charge in [0.1, 0.15) is 27.6 Å². The van der Waals surface area contributed by atoms with Gasteiger partial charge in [0.05, 0.1) is 0 Å². The van der Waals surface area contributed by atoms with Gasteiger partial charge in [0.15, 0.2) is 0 Å². The molecule has 26 heavy (non-hydrogen) atoms. The summed E-state index contributed by atoms with van der Waals surface area (Å²) in [6.07, 6.45) is 19.7. The molecule has 0 bridgehead atoms. The maximum absolute atomic E-state index is 4.15. The molecule has 2 atom stereocenters. The first-order valence-electron chi connectivity index (χ1n) is 12.2. The van der Waals surface area contributed by atoms with Gasteiger partial charge in [0.25, 0.3) is 0 Å². The quantitative estimate of drug-likeness (QED) is 0.653. The Balaban J connectivity index is 1.86. The fourth-order valence-corrected chi connectivity index (χ4v) is 5.65. The number of nitrogens with one attached hydrogen (secondary N) is 2. The molecule has 0 aromatic carbocycles. The summed E-state index contributed by atoms with van der Waals surface area (Å²) < 4.78 is 0. The Labute approximate surface area is 164 Å². The normalized spacial score (nSPS) is 33.9. The lowest BCUT2D eigenvalue weighted by molar-refractivity contribution is -0.0377. The first-order chi connectivity index (χ1) is 12.9. The van der Waals surface area contributed by atoms with Crippen LogP contribution in [0.15, 0.2) is 0 Å². The van der Waals surface area contributed by atoms with Crippen molar-refractivity contribution in [3.05, 3.63) is 0 Å². The Morgan fingerprint density at radius 3 is 1.62 bits per heavy atom. The molecular weight excluding hydrogens is 315 g/mol. The van der Waals surface area contributed by atoms with E-state index in [2.05, 4.69) is 15.5 Å². The van der Waals surface area contributed by atoms with Gasteiger partial charge in [-0.1, -0.05) is 50.8 Å². The lowest BCUT2D eigenvalue weighted by Crippen LogP contribution is -2.72.